The average Bonchev–Trinajstić information content (AvgIpc) is 2.67. The first-order chi connectivity index (χ1) is 8.65. The second-order valence-corrected chi connectivity index (χ2v) is 4.25. The first-order valence-electron chi connectivity index (χ1n) is 5.60. The molecule has 4 nitrogen and oxygen atoms in total. The predicted octanol–water partition coefficient (Wildman–Crippen LogP) is 2.50. The van der Waals surface area contributed by atoms with E-state index in [1.54, 1.807) is 12.1 Å². The van der Waals surface area contributed by atoms with Crippen LogP contribution in [-0.2, 0) is 0 Å². The van der Waals surface area contributed by atoms with Crippen LogP contribution in [0, 0.1) is 0 Å². The second-order valence-electron chi connectivity index (χ2n) is 4.25. The number of benzene rings is 2. The fourth-order valence-electron chi connectivity index (χ4n) is 2.10. The smallest absolute Gasteiger partial charge is 0.115 e. The van der Waals surface area contributed by atoms with Crippen molar-refractivity contribution in [1.29, 1.82) is 0 Å². The van der Waals surface area contributed by atoms with Crippen LogP contribution < -0.4 is 11.5 Å². The molecule has 0 bridgehead atoms. The number of hydrogen-bond acceptors (Lipinski definition) is 3. The Kier molecular flexibility index (Phi) is 2.16. The molecule has 4 heteroatoms. The standard InChI is InChI=1S/C14H13N3O/c15-9-1-6-12-13(16)8-17(14(12)7-9)10-2-4-11(18)5-3-10/h1-8,18H,15-16H2. The maximum Gasteiger partial charge on any atom is 0.115 e. The Morgan fingerprint density at radius 3 is 2.39 bits per heavy atom. The summed E-state index contributed by atoms with van der Waals surface area (Å²) in [5.74, 6) is 0.239. The van der Waals surface area contributed by atoms with E-state index < -0.39 is 0 Å². The molecule has 0 aliphatic rings. The van der Waals surface area contributed by atoms with Crippen LogP contribution in [0.4, 0.5) is 11.4 Å². The molecular formula is C14H13N3O. The third kappa shape index (κ3) is 1.55. The molecule has 90 valence electrons. The number of hydrogen-bond donors (Lipinski definition) is 3. The number of nitrogen functional groups attached to an aromatic ring is 2. The minimum atomic E-state index is 0.239. The number of nitrogens with zero attached hydrogens (tertiary/aromatic N) is 1. The number of phenols is 1. The molecule has 0 spiro atoms. The van der Waals surface area contributed by atoms with Gasteiger partial charge < -0.3 is 21.1 Å². The highest BCUT2D eigenvalue weighted by atomic mass is 16.3. The minimum absolute atomic E-state index is 0.239. The Morgan fingerprint density at radius 1 is 0.944 bits per heavy atom. The van der Waals surface area contributed by atoms with E-state index in [2.05, 4.69) is 0 Å². The summed E-state index contributed by atoms with van der Waals surface area (Å²) in [4.78, 5) is 0. The van der Waals surface area contributed by atoms with Crippen LogP contribution in [0.1, 0.15) is 0 Å². The summed E-state index contributed by atoms with van der Waals surface area (Å²) in [7, 11) is 0. The Morgan fingerprint density at radius 2 is 1.67 bits per heavy atom. The Bertz CT molecular complexity index is 714. The molecule has 0 aliphatic heterocycles. The van der Waals surface area contributed by atoms with Gasteiger partial charge in [0, 0.05) is 23.0 Å². The molecule has 0 amide bonds. The Balaban J connectivity index is 2.28. The van der Waals surface area contributed by atoms with Crippen molar-refractivity contribution in [3.8, 4) is 11.4 Å². The maximum atomic E-state index is 9.31. The zero-order valence-corrected chi connectivity index (χ0v) is 9.67. The van der Waals surface area contributed by atoms with Crippen LogP contribution in [-0.4, -0.2) is 9.67 Å². The lowest BCUT2D eigenvalue weighted by molar-refractivity contribution is 0.475. The van der Waals surface area contributed by atoms with Gasteiger partial charge in [0.15, 0.2) is 0 Å². The SMILES string of the molecule is Nc1ccc2c(N)cn(-c3ccc(O)cc3)c2c1. The lowest BCUT2D eigenvalue weighted by Gasteiger charge is -2.05. The fraction of sp³-hybridized carbons (Fsp3) is 0. The first-order valence-corrected chi connectivity index (χ1v) is 5.60. The Hall–Kier alpha value is -2.62. The highest BCUT2D eigenvalue weighted by molar-refractivity contribution is 5.94. The Labute approximate surface area is 104 Å². The van der Waals surface area contributed by atoms with E-state index in [1.807, 2.05) is 41.1 Å². The van der Waals surface area contributed by atoms with Gasteiger partial charge in [0.1, 0.15) is 5.75 Å². The monoisotopic (exact) mass is 239 g/mol. The summed E-state index contributed by atoms with van der Waals surface area (Å²) in [6.07, 6.45) is 1.86. The van der Waals surface area contributed by atoms with Crippen molar-refractivity contribution >= 4 is 22.3 Å². The van der Waals surface area contributed by atoms with Crippen LogP contribution in [0.2, 0.25) is 0 Å². The van der Waals surface area contributed by atoms with Crippen molar-refractivity contribution in [3.63, 3.8) is 0 Å². The van der Waals surface area contributed by atoms with E-state index in [0.29, 0.717) is 11.4 Å². The van der Waals surface area contributed by atoms with Crippen LogP contribution in [0.25, 0.3) is 16.6 Å². The molecule has 5 N–H and O–H groups in total. The number of aromatic hydroxyl groups is 1. The zero-order valence-electron chi connectivity index (χ0n) is 9.67. The number of phenolic OH excluding ortho intramolecular Hbond substituents is 1. The lowest BCUT2D eigenvalue weighted by Crippen LogP contribution is -1.92. The molecule has 0 aliphatic carbocycles. The van der Waals surface area contributed by atoms with E-state index in [-0.39, 0.29) is 5.75 Å². The normalized spacial score (nSPS) is 10.9. The van der Waals surface area contributed by atoms with Gasteiger partial charge in [-0.15, -0.1) is 0 Å². The van der Waals surface area contributed by atoms with Crippen molar-refractivity contribution < 1.29 is 5.11 Å². The molecular weight excluding hydrogens is 226 g/mol. The average molecular weight is 239 g/mol. The quantitative estimate of drug-likeness (QED) is 0.571. The van der Waals surface area contributed by atoms with E-state index in [9.17, 15) is 5.11 Å². The number of nitrogens with two attached hydrogens (primary N) is 2. The highest BCUT2D eigenvalue weighted by Gasteiger charge is 2.07. The largest absolute Gasteiger partial charge is 0.508 e. The molecule has 0 saturated heterocycles. The molecule has 0 radical (unpaired) electrons. The van der Waals surface area contributed by atoms with E-state index in [0.717, 1.165) is 16.6 Å². The van der Waals surface area contributed by atoms with Crippen molar-refractivity contribution in [2.24, 2.45) is 0 Å². The third-order valence-corrected chi connectivity index (χ3v) is 2.99. The van der Waals surface area contributed by atoms with Gasteiger partial charge in [0.05, 0.1) is 11.2 Å². The summed E-state index contributed by atoms with van der Waals surface area (Å²) >= 11 is 0. The molecule has 0 fully saturated rings. The summed E-state index contributed by atoms with van der Waals surface area (Å²) < 4.78 is 1.96. The predicted molar refractivity (Wildman–Crippen MR) is 73.8 cm³/mol. The summed E-state index contributed by atoms with van der Waals surface area (Å²) in [6.45, 7) is 0. The van der Waals surface area contributed by atoms with Crippen molar-refractivity contribution in [1.82, 2.24) is 4.57 Å². The summed E-state index contributed by atoms with van der Waals surface area (Å²) in [5.41, 5.74) is 15.1. The van der Waals surface area contributed by atoms with Gasteiger partial charge in [-0.2, -0.15) is 0 Å². The van der Waals surface area contributed by atoms with Gasteiger partial charge in [-0.05, 0) is 42.5 Å². The fourth-order valence-corrected chi connectivity index (χ4v) is 2.10. The zero-order chi connectivity index (χ0) is 12.7. The molecule has 18 heavy (non-hydrogen) atoms. The van der Waals surface area contributed by atoms with E-state index in [4.69, 9.17) is 11.5 Å². The van der Waals surface area contributed by atoms with Gasteiger partial charge in [-0.1, -0.05) is 0 Å². The number of aromatic nitrogens is 1. The van der Waals surface area contributed by atoms with Gasteiger partial charge in [0.25, 0.3) is 0 Å². The summed E-state index contributed by atoms with van der Waals surface area (Å²) in [5, 5.41) is 10.3. The van der Waals surface area contributed by atoms with E-state index >= 15 is 0 Å². The molecule has 1 heterocycles. The maximum absolute atomic E-state index is 9.31. The summed E-state index contributed by atoms with van der Waals surface area (Å²) in [6, 6.07) is 12.6. The first kappa shape index (κ1) is 10.5. The molecule has 1 aromatic heterocycles. The molecule has 0 saturated carbocycles. The molecule has 0 unspecified atom stereocenters. The molecule has 3 rings (SSSR count). The van der Waals surface area contributed by atoms with Gasteiger partial charge in [-0.25, -0.2) is 0 Å². The molecule has 3 aromatic rings. The number of anilines is 2. The third-order valence-electron chi connectivity index (χ3n) is 2.99. The number of rotatable bonds is 1. The van der Waals surface area contributed by atoms with Crippen molar-refractivity contribution in [2.45, 2.75) is 0 Å². The van der Waals surface area contributed by atoms with Crippen molar-refractivity contribution in [3.05, 3.63) is 48.7 Å². The van der Waals surface area contributed by atoms with Crippen LogP contribution in [0.3, 0.4) is 0 Å². The lowest BCUT2D eigenvalue weighted by atomic mass is 10.2. The second kappa shape index (κ2) is 3.70. The van der Waals surface area contributed by atoms with E-state index in [1.165, 1.54) is 0 Å². The van der Waals surface area contributed by atoms with Crippen molar-refractivity contribution in [2.75, 3.05) is 11.5 Å². The highest BCUT2D eigenvalue weighted by Crippen LogP contribution is 2.28. The number of fused-ring (bicyclic) bond motifs is 1. The topological polar surface area (TPSA) is 77.2 Å². The van der Waals surface area contributed by atoms with Crippen LogP contribution in [0.5, 0.6) is 5.75 Å². The molecule has 2 aromatic carbocycles. The minimum Gasteiger partial charge on any atom is -0.508 e. The molecule has 0 atom stereocenters. The van der Waals surface area contributed by atoms with Crippen LogP contribution >= 0.6 is 0 Å². The van der Waals surface area contributed by atoms with Gasteiger partial charge in [-0.3, -0.25) is 0 Å². The van der Waals surface area contributed by atoms with Crippen LogP contribution in [0.15, 0.2) is 48.7 Å². The van der Waals surface area contributed by atoms with Gasteiger partial charge >= 0.3 is 0 Å². The van der Waals surface area contributed by atoms with Gasteiger partial charge in [0.2, 0.25) is 0 Å².